The van der Waals surface area contributed by atoms with Gasteiger partial charge in [0.1, 0.15) is 11.5 Å². The van der Waals surface area contributed by atoms with E-state index in [4.69, 9.17) is 23.7 Å². The van der Waals surface area contributed by atoms with Crippen molar-refractivity contribution in [2.24, 2.45) is 0 Å². The summed E-state index contributed by atoms with van der Waals surface area (Å²) in [6.07, 6.45) is 0. The van der Waals surface area contributed by atoms with Crippen LogP contribution in [0.5, 0.6) is 11.5 Å². The minimum atomic E-state index is -0.251. The summed E-state index contributed by atoms with van der Waals surface area (Å²) in [5.74, 6) is 0.505. The Morgan fingerprint density at radius 2 is 0.922 bits per heavy atom. The number of hydrogen-bond acceptors (Lipinski definition) is 7. The molecule has 0 aliphatic rings. The first kappa shape index (κ1) is 35.3. The Labute approximate surface area is 297 Å². The molecule has 0 saturated carbocycles. The summed E-state index contributed by atoms with van der Waals surface area (Å²) in [6, 6.07) is 37.5. The number of benzene rings is 6. The average Bonchev–Trinajstić information content (AvgIpc) is 3.17. The summed E-state index contributed by atoms with van der Waals surface area (Å²) in [6.45, 7) is 2.05. The normalized spacial score (nSPS) is 11.1. The van der Waals surface area contributed by atoms with Gasteiger partial charge in [-0.15, -0.1) is 0 Å². The topological polar surface area (TPSA) is 104 Å². The van der Waals surface area contributed by atoms with Gasteiger partial charge in [0.2, 0.25) is 0 Å². The quantitative estimate of drug-likeness (QED) is 0.0984. The first-order chi connectivity index (χ1) is 25.1. The van der Waals surface area contributed by atoms with Crippen LogP contribution in [0.3, 0.4) is 0 Å². The van der Waals surface area contributed by atoms with Gasteiger partial charge in [-0.05, 0) is 47.2 Å². The number of hydrogen-bond donors (Lipinski definition) is 2. The zero-order valence-corrected chi connectivity index (χ0v) is 28.6. The largest absolute Gasteiger partial charge is 0.455 e. The predicted molar refractivity (Wildman–Crippen MR) is 200 cm³/mol. The van der Waals surface area contributed by atoms with Crippen LogP contribution in [0, 0.1) is 0 Å². The number of amides is 2. The summed E-state index contributed by atoms with van der Waals surface area (Å²) in [4.78, 5) is 26.9. The maximum Gasteiger partial charge on any atom is 0.255 e. The Kier molecular flexibility index (Phi) is 12.0. The fourth-order valence-electron chi connectivity index (χ4n) is 5.77. The molecule has 0 bridgehead atoms. The van der Waals surface area contributed by atoms with Gasteiger partial charge in [-0.25, -0.2) is 0 Å². The number of fused-ring (bicyclic) bond motifs is 2. The van der Waals surface area contributed by atoms with Crippen molar-refractivity contribution < 1.29 is 33.3 Å². The third-order valence-electron chi connectivity index (χ3n) is 8.31. The van der Waals surface area contributed by atoms with Crippen molar-refractivity contribution in [2.45, 2.75) is 13.2 Å². The zero-order valence-electron chi connectivity index (χ0n) is 28.6. The van der Waals surface area contributed by atoms with E-state index in [1.807, 2.05) is 97.1 Å². The maximum atomic E-state index is 13.5. The van der Waals surface area contributed by atoms with E-state index in [0.29, 0.717) is 71.2 Å². The number of rotatable bonds is 16. The molecule has 0 saturated heterocycles. The molecule has 6 aromatic carbocycles. The van der Waals surface area contributed by atoms with Crippen LogP contribution in [0.2, 0.25) is 0 Å². The lowest BCUT2D eigenvalue weighted by Crippen LogP contribution is -2.13. The van der Waals surface area contributed by atoms with Crippen molar-refractivity contribution in [3.63, 3.8) is 0 Å². The van der Waals surface area contributed by atoms with Gasteiger partial charge < -0.3 is 34.3 Å². The van der Waals surface area contributed by atoms with E-state index < -0.39 is 0 Å². The number of nitrogens with one attached hydrogen (secondary N) is 2. The van der Waals surface area contributed by atoms with Gasteiger partial charge in [-0.3, -0.25) is 9.59 Å². The first-order valence-electron chi connectivity index (χ1n) is 16.7. The van der Waals surface area contributed by atoms with Crippen LogP contribution in [0.15, 0.2) is 121 Å². The molecule has 0 aromatic heterocycles. The predicted octanol–water partition coefficient (Wildman–Crippen LogP) is 8.62. The van der Waals surface area contributed by atoms with Crippen LogP contribution in [-0.2, 0) is 32.2 Å². The smallest absolute Gasteiger partial charge is 0.255 e. The molecule has 51 heavy (non-hydrogen) atoms. The van der Waals surface area contributed by atoms with Gasteiger partial charge in [-0.2, -0.15) is 0 Å². The minimum Gasteiger partial charge on any atom is -0.455 e. The molecule has 6 aromatic rings. The molecule has 260 valence electrons. The Bertz CT molecular complexity index is 1950. The van der Waals surface area contributed by atoms with Gasteiger partial charge in [0.15, 0.2) is 0 Å². The molecule has 2 amide bonds. The lowest BCUT2D eigenvalue weighted by molar-refractivity contribution is 0.0600. The SMILES string of the molecule is COCCOCc1ccc2cccc(NC(=O)c3ccccc3)c2c1Oc1c(COCCOC)ccc2cccc(NC(=O)c3ccccc3)c12. The van der Waals surface area contributed by atoms with E-state index in [0.717, 1.165) is 21.9 Å². The number of carbonyl (C=O) groups excluding carboxylic acids is 2. The summed E-state index contributed by atoms with van der Waals surface area (Å²) >= 11 is 0. The van der Waals surface area contributed by atoms with E-state index in [9.17, 15) is 9.59 Å². The Hall–Kier alpha value is -5.58. The average molecular weight is 685 g/mol. The number of ether oxygens (including phenoxy) is 5. The highest BCUT2D eigenvalue weighted by molar-refractivity contribution is 6.12. The van der Waals surface area contributed by atoms with Crippen molar-refractivity contribution in [1.29, 1.82) is 0 Å². The molecule has 0 spiro atoms. The molecule has 0 radical (unpaired) electrons. The van der Waals surface area contributed by atoms with Gasteiger partial charge in [0.05, 0.1) is 51.0 Å². The lowest BCUT2D eigenvalue weighted by atomic mass is 10.0. The van der Waals surface area contributed by atoms with Crippen LogP contribution in [0.25, 0.3) is 21.5 Å². The maximum absolute atomic E-state index is 13.5. The summed E-state index contributed by atoms with van der Waals surface area (Å²) in [7, 11) is 3.25. The second-order valence-electron chi connectivity index (χ2n) is 11.7. The van der Waals surface area contributed by atoms with Gasteiger partial charge in [-0.1, -0.05) is 84.9 Å². The summed E-state index contributed by atoms with van der Waals surface area (Å²) in [5, 5.41) is 9.33. The highest BCUT2D eigenvalue weighted by Crippen LogP contribution is 2.44. The Balaban J connectivity index is 1.51. The van der Waals surface area contributed by atoms with Crippen LogP contribution in [-0.4, -0.2) is 52.5 Å². The molecule has 0 aliphatic carbocycles. The third kappa shape index (κ3) is 8.60. The van der Waals surface area contributed by atoms with E-state index in [2.05, 4.69) is 10.6 Å². The highest BCUT2D eigenvalue weighted by Gasteiger charge is 2.21. The molecular weight excluding hydrogens is 644 g/mol. The van der Waals surface area contributed by atoms with Crippen LogP contribution >= 0.6 is 0 Å². The Morgan fingerprint density at radius 3 is 1.33 bits per heavy atom. The molecule has 9 nitrogen and oxygen atoms in total. The number of anilines is 2. The van der Waals surface area contributed by atoms with Crippen LogP contribution in [0.1, 0.15) is 31.8 Å². The van der Waals surface area contributed by atoms with Crippen molar-refractivity contribution >= 4 is 44.7 Å². The van der Waals surface area contributed by atoms with Gasteiger partial charge in [0, 0.05) is 47.2 Å². The first-order valence-corrected chi connectivity index (χ1v) is 16.7. The van der Waals surface area contributed by atoms with E-state index in [1.165, 1.54) is 0 Å². The van der Waals surface area contributed by atoms with E-state index in [-0.39, 0.29) is 25.0 Å². The van der Waals surface area contributed by atoms with Crippen molar-refractivity contribution in [1.82, 2.24) is 0 Å². The molecule has 9 heteroatoms. The molecule has 0 heterocycles. The van der Waals surface area contributed by atoms with Crippen molar-refractivity contribution in [2.75, 3.05) is 51.3 Å². The molecule has 0 fully saturated rings. The Morgan fingerprint density at radius 1 is 0.490 bits per heavy atom. The summed E-state index contributed by atoms with van der Waals surface area (Å²) < 4.78 is 29.6. The molecule has 0 aliphatic heterocycles. The fourth-order valence-corrected chi connectivity index (χ4v) is 5.77. The third-order valence-corrected chi connectivity index (χ3v) is 8.31. The molecular formula is C42H40N2O7. The standard InChI is InChI=1S/C42H40N2O7/c1-47-23-25-49-27-33-21-19-29-15-9-17-35(43-41(45)31-11-5-3-6-12-31)37(29)39(33)51-40-34(28-50-26-24-48-2)22-20-30-16-10-18-36(38(30)40)44-42(46)32-13-7-4-8-14-32/h3-22H,23-28H2,1-2H3,(H,43,45)(H,44,46). The molecule has 6 rings (SSSR count). The van der Waals surface area contributed by atoms with Crippen LogP contribution in [0.4, 0.5) is 11.4 Å². The molecule has 0 unspecified atom stereocenters. The van der Waals surface area contributed by atoms with Crippen LogP contribution < -0.4 is 15.4 Å². The van der Waals surface area contributed by atoms with Gasteiger partial charge >= 0.3 is 0 Å². The second kappa shape index (κ2) is 17.4. The zero-order chi connectivity index (χ0) is 35.4. The monoisotopic (exact) mass is 684 g/mol. The number of methoxy groups -OCH3 is 2. The molecule has 0 atom stereocenters. The van der Waals surface area contributed by atoms with Crippen molar-refractivity contribution in [3.05, 3.63) is 144 Å². The van der Waals surface area contributed by atoms with Crippen molar-refractivity contribution in [3.8, 4) is 11.5 Å². The molecule has 2 N–H and O–H groups in total. The summed E-state index contributed by atoms with van der Waals surface area (Å²) in [5.41, 5.74) is 3.72. The number of carbonyl (C=O) groups is 2. The van der Waals surface area contributed by atoms with E-state index >= 15 is 0 Å². The van der Waals surface area contributed by atoms with Gasteiger partial charge in [0.25, 0.3) is 11.8 Å². The highest BCUT2D eigenvalue weighted by atomic mass is 16.5. The lowest BCUT2D eigenvalue weighted by Gasteiger charge is -2.21. The second-order valence-corrected chi connectivity index (χ2v) is 11.7. The fraction of sp³-hybridized carbons (Fsp3) is 0.190. The van der Waals surface area contributed by atoms with E-state index in [1.54, 1.807) is 38.5 Å². The minimum absolute atomic E-state index is 0.220.